The number of amides is 2. The molecule has 4 atom stereocenters. The van der Waals surface area contributed by atoms with Crippen LogP contribution in [0.1, 0.15) is 51.1 Å². The smallest absolute Gasteiger partial charge is 0.225 e. The Morgan fingerprint density at radius 2 is 2.12 bits per heavy atom. The highest BCUT2D eigenvalue weighted by Crippen LogP contribution is 2.38. The molecular weight excluding hydrogens is 316 g/mol. The second kappa shape index (κ2) is 7.16. The fourth-order valence-electron chi connectivity index (χ4n) is 4.15. The molecule has 0 aromatic heterocycles. The molecule has 5 heteroatoms. The summed E-state index contributed by atoms with van der Waals surface area (Å²) in [6.45, 7) is 4.57. The van der Waals surface area contributed by atoms with E-state index in [0.29, 0.717) is 6.54 Å². The molecule has 2 N–H and O–H groups in total. The average Bonchev–Trinajstić information content (AvgIpc) is 3.19. The van der Waals surface area contributed by atoms with Crippen molar-refractivity contribution in [1.82, 2.24) is 10.2 Å². The van der Waals surface area contributed by atoms with Crippen LogP contribution < -0.4 is 5.32 Å². The van der Waals surface area contributed by atoms with Gasteiger partial charge in [0.15, 0.2) is 0 Å². The van der Waals surface area contributed by atoms with Gasteiger partial charge in [0, 0.05) is 24.4 Å². The first kappa shape index (κ1) is 17.9. The zero-order valence-electron chi connectivity index (χ0n) is 15.1. The minimum Gasteiger partial charge on any atom is -0.396 e. The summed E-state index contributed by atoms with van der Waals surface area (Å²) in [5.74, 6) is -0.322. The van der Waals surface area contributed by atoms with E-state index in [2.05, 4.69) is 5.32 Å². The van der Waals surface area contributed by atoms with Gasteiger partial charge in [0.05, 0.1) is 18.6 Å². The highest BCUT2D eigenvalue weighted by molar-refractivity contribution is 5.89. The van der Waals surface area contributed by atoms with Gasteiger partial charge < -0.3 is 15.3 Å². The van der Waals surface area contributed by atoms with Crippen molar-refractivity contribution < 1.29 is 14.7 Å². The summed E-state index contributed by atoms with van der Waals surface area (Å²) in [5.41, 5.74) is 0.843. The fourth-order valence-corrected chi connectivity index (χ4v) is 4.15. The fraction of sp³-hybridized carbons (Fsp3) is 0.600. The van der Waals surface area contributed by atoms with Gasteiger partial charge in [-0.15, -0.1) is 0 Å². The SMILES string of the molecule is CC(c1ccccc1)N1CC(C(=O)NC2CCCC2(C)CO)CC1=O. The van der Waals surface area contributed by atoms with E-state index in [1.165, 1.54) is 0 Å². The van der Waals surface area contributed by atoms with Gasteiger partial charge in [-0.3, -0.25) is 9.59 Å². The number of hydrogen-bond acceptors (Lipinski definition) is 3. The van der Waals surface area contributed by atoms with Gasteiger partial charge in [-0.1, -0.05) is 43.7 Å². The van der Waals surface area contributed by atoms with Crippen LogP contribution in [0.5, 0.6) is 0 Å². The van der Waals surface area contributed by atoms with E-state index in [9.17, 15) is 14.7 Å². The van der Waals surface area contributed by atoms with E-state index in [1.54, 1.807) is 4.90 Å². The minimum atomic E-state index is -0.304. The van der Waals surface area contributed by atoms with E-state index < -0.39 is 0 Å². The zero-order valence-corrected chi connectivity index (χ0v) is 15.1. The lowest BCUT2D eigenvalue weighted by Gasteiger charge is -2.31. The number of carbonyl (C=O) groups is 2. The van der Waals surface area contributed by atoms with Gasteiger partial charge in [0.2, 0.25) is 11.8 Å². The Morgan fingerprint density at radius 3 is 2.80 bits per heavy atom. The van der Waals surface area contributed by atoms with Gasteiger partial charge >= 0.3 is 0 Å². The lowest BCUT2D eigenvalue weighted by atomic mass is 9.85. The Balaban J connectivity index is 1.63. The summed E-state index contributed by atoms with van der Waals surface area (Å²) in [6, 6.07) is 9.88. The first-order valence-corrected chi connectivity index (χ1v) is 9.20. The summed E-state index contributed by atoms with van der Waals surface area (Å²) in [7, 11) is 0. The monoisotopic (exact) mass is 344 g/mol. The number of aliphatic hydroxyl groups is 1. The summed E-state index contributed by atoms with van der Waals surface area (Å²) >= 11 is 0. The number of aliphatic hydroxyl groups excluding tert-OH is 1. The molecule has 136 valence electrons. The Hall–Kier alpha value is -1.88. The normalized spacial score (nSPS) is 30.5. The van der Waals surface area contributed by atoms with Crippen LogP contribution in [0.15, 0.2) is 30.3 Å². The first-order chi connectivity index (χ1) is 11.9. The first-order valence-electron chi connectivity index (χ1n) is 9.20. The van der Waals surface area contributed by atoms with Crippen molar-refractivity contribution in [2.75, 3.05) is 13.2 Å². The molecule has 2 fully saturated rings. The molecule has 1 aromatic rings. The molecule has 5 nitrogen and oxygen atoms in total. The molecule has 1 saturated heterocycles. The molecule has 1 heterocycles. The van der Waals surface area contributed by atoms with E-state index in [0.717, 1.165) is 24.8 Å². The van der Waals surface area contributed by atoms with Crippen molar-refractivity contribution in [1.29, 1.82) is 0 Å². The Labute approximate surface area is 149 Å². The summed E-state index contributed by atoms with van der Waals surface area (Å²) < 4.78 is 0. The molecule has 2 aliphatic rings. The van der Waals surface area contributed by atoms with E-state index >= 15 is 0 Å². The van der Waals surface area contributed by atoms with Crippen LogP contribution >= 0.6 is 0 Å². The minimum absolute atomic E-state index is 0.000647. The predicted molar refractivity (Wildman–Crippen MR) is 95.7 cm³/mol. The molecule has 1 saturated carbocycles. The van der Waals surface area contributed by atoms with Crippen LogP contribution in [0.4, 0.5) is 0 Å². The van der Waals surface area contributed by atoms with Crippen LogP contribution in [0.2, 0.25) is 0 Å². The third-order valence-electron chi connectivity index (χ3n) is 6.04. The maximum absolute atomic E-state index is 12.7. The predicted octanol–water partition coefficient (Wildman–Crippen LogP) is 2.26. The van der Waals surface area contributed by atoms with Crippen LogP contribution in [0, 0.1) is 11.3 Å². The molecule has 1 aliphatic carbocycles. The summed E-state index contributed by atoms with van der Waals surface area (Å²) in [5, 5.41) is 12.7. The van der Waals surface area contributed by atoms with Crippen molar-refractivity contribution in [3.05, 3.63) is 35.9 Å². The van der Waals surface area contributed by atoms with Crippen molar-refractivity contribution in [2.24, 2.45) is 11.3 Å². The molecule has 0 radical (unpaired) electrons. The quantitative estimate of drug-likeness (QED) is 0.861. The Kier molecular flexibility index (Phi) is 5.13. The molecule has 25 heavy (non-hydrogen) atoms. The maximum atomic E-state index is 12.7. The molecule has 0 spiro atoms. The lowest BCUT2D eigenvalue weighted by Crippen LogP contribution is -2.47. The van der Waals surface area contributed by atoms with Crippen molar-refractivity contribution in [2.45, 2.75) is 51.6 Å². The topological polar surface area (TPSA) is 69.6 Å². The number of carbonyl (C=O) groups excluding carboxylic acids is 2. The summed E-state index contributed by atoms with van der Waals surface area (Å²) in [4.78, 5) is 26.9. The number of likely N-dealkylation sites (tertiary alicyclic amines) is 1. The zero-order chi connectivity index (χ0) is 18.0. The van der Waals surface area contributed by atoms with Crippen LogP contribution in [0.3, 0.4) is 0 Å². The lowest BCUT2D eigenvalue weighted by molar-refractivity contribution is -0.130. The van der Waals surface area contributed by atoms with E-state index in [4.69, 9.17) is 0 Å². The van der Waals surface area contributed by atoms with Crippen LogP contribution in [-0.2, 0) is 9.59 Å². The Morgan fingerprint density at radius 1 is 1.40 bits per heavy atom. The highest BCUT2D eigenvalue weighted by Gasteiger charge is 2.42. The van der Waals surface area contributed by atoms with Crippen LogP contribution in [0.25, 0.3) is 0 Å². The van der Waals surface area contributed by atoms with Crippen molar-refractivity contribution in [3.63, 3.8) is 0 Å². The van der Waals surface area contributed by atoms with Gasteiger partial charge in [0.25, 0.3) is 0 Å². The van der Waals surface area contributed by atoms with Crippen molar-refractivity contribution >= 4 is 11.8 Å². The molecular formula is C20H28N2O3. The number of benzene rings is 1. The van der Waals surface area contributed by atoms with E-state index in [-0.39, 0.29) is 48.3 Å². The Bertz CT molecular complexity index is 633. The largest absolute Gasteiger partial charge is 0.396 e. The molecule has 1 aliphatic heterocycles. The average molecular weight is 344 g/mol. The van der Waals surface area contributed by atoms with Gasteiger partial charge in [0.1, 0.15) is 0 Å². The second-order valence-corrected chi connectivity index (χ2v) is 7.80. The number of hydrogen-bond donors (Lipinski definition) is 2. The number of nitrogens with zero attached hydrogens (tertiary/aromatic N) is 1. The van der Waals surface area contributed by atoms with E-state index in [1.807, 2.05) is 44.2 Å². The van der Waals surface area contributed by atoms with Gasteiger partial charge in [-0.05, 0) is 25.3 Å². The number of nitrogens with one attached hydrogen (secondary N) is 1. The molecule has 2 amide bonds. The molecule has 0 bridgehead atoms. The van der Waals surface area contributed by atoms with Gasteiger partial charge in [-0.2, -0.15) is 0 Å². The second-order valence-electron chi connectivity index (χ2n) is 7.80. The standard InChI is InChI=1S/C20H28N2O3/c1-14(15-7-4-3-5-8-15)22-12-16(11-18(22)24)19(25)21-17-9-6-10-20(17,2)13-23/h3-5,7-8,14,16-17,23H,6,9-13H2,1-2H3,(H,21,25). The van der Waals surface area contributed by atoms with Gasteiger partial charge in [-0.25, -0.2) is 0 Å². The summed E-state index contributed by atoms with van der Waals surface area (Å²) in [6.07, 6.45) is 3.11. The molecule has 4 unspecified atom stereocenters. The van der Waals surface area contributed by atoms with Crippen LogP contribution in [-0.4, -0.2) is 41.0 Å². The molecule has 1 aromatic carbocycles. The maximum Gasteiger partial charge on any atom is 0.225 e. The third-order valence-corrected chi connectivity index (χ3v) is 6.04. The highest BCUT2D eigenvalue weighted by atomic mass is 16.3. The van der Waals surface area contributed by atoms with Crippen molar-refractivity contribution in [3.8, 4) is 0 Å². The molecule has 3 rings (SSSR count). The third kappa shape index (κ3) is 3.56. The number of rotatable bonds is 5.